The molecule has 0 fully saturated rings. The van der Waals surface area contributed by atoms with Gasteiger partial charge in [0.2, 0.25) is 0 Å². The Morgan fingerprint density at radius 3 is 1.39 bits per heavy atom. The number of aromatic nitrogens is 4. The summed E-state index contributed by atoms with van der Waals surface area (Å²) in [6.45, 7) is 2.11. The fourth-order valence-corrected chi connectivity index (χ4v) is 9.99. The second kappa shape index (κ2) is 13.7. The number of fused-ring (bicyclic) bond motifs is 6. The summed E-state index contributed by atoms with van der Waals surface area (Å²) in [4.78, 5) is 19.8. The molecule has 7 aromatic carbocycles. The summed E-state index contributed by atoms with van der Waals surface area (Å²) in [5, 5.41) is 5.10. The van der Waals surface area contributed by atoms with Crippen LogP contribution in [0.1, 0.15) is 5.56 Å². The Kier molecular flexibility index (Phi) is 8.05. The predicted octanol–water partition coefficient (Wildman–Crippen LogP) is 14.3. The van der Waals surface area contributed by atoms with Gasteiger partial charge in [-0.2, -0.15) is 0 Å². The minimum absolute atomic E-state index is 0.623. The highest BCUT2D eigenvalue weighted by atomic mass is 32.1. The summed E-state index contributed by atoms with van der Waals surface area (Å²) < 4.78 is 5.16. The van der Waals surface area contributed by atoms with Crippen LogP contribution in [0.15, 0.2) is 176 Å². The third-order valence-corrected chi connectivity index (χ3v) is 13.1. The van der Waals surface area contributed by atoms with Gasteiger partial charge in [-0.25, -0.2) is 15.0 Å². The molecule has 0 aliphatic heterocycles. The molecular weight excluding hydrogens is 733 g/mol. The van der Waals surface area contributed by atoms with Gasteiger partial charge in [0.1, 0.15) is 0 Å². The van der Waals surface area contributed by atoms with Gasteiger partial charge in [0.15, 0.2) is 17.5 Å². The number of benzene rings is 7. The van der Waals surface area contributed by atoms with Gasteiger partial charge in [0.25, 0.3) is 0 Å². The predicted molar refractivity (Wildman–Crippen MR) is 241 cm³/mol. The molecular formula is C51H32N4S2. The van der Waals surface area contributed by atoms with Crippen molar-refractivity contribution in [3.05, 3.63) is 182 Å². The largest absolute Gasteiger partial charge is 0.264 e. The van der Waals surface area contributed by atoms with E-state index in [-0.39, 0.29) is 0 Å². The SMILES string of the molecule is Cc1ccncc1-c1ccc(-c2nc(-c3ccccc3)nc(-c3cc(-c4ccc5sc6ccccc6c5c4)cc(-c4ccc5sc6ccccc6c5c4)c3)n2)cc1. The second-order valence-electron chi connectivity index (χ2n) is 14.4. The van der Waals surface area contributed by atoms with Crippen molar-refractivity contribution in [2.75, 3.05) is 0 Å². The van der Waals surface area contributed by atoms with Crippen molar-refractivity contribution in [2.24, 2.45) is 0 Å². The molecule has 0 radical (unpaired) electrons. The number of pyridine rings is 1. The van der Waals surface area contributed by atoms with E-state index in [0.717, 1.165) is 50.1 Å². The molecule has 0 N–H and O–H groups in total. The van der Waals surface area contributed by atoms with E-state index in [1.807, 2.05) is 59.3 Å². The number of hydrogen-bond donors (Lipinski definition) is 0. The maximum absolute atomic E-state index is 5.22. The molecule has 0 spiro atoms. The van der Waals surface area contributed by atoms with Gasteiger partial charge >= 0.3 is 0 Å². The lowest BCUT2D eigenvalue weighted by Crippen LogP contribution is -2.00. The van der Waals surface area contributed by atoms with Gasteiger partial charge in [-0.15, -0.1) is 22.7 Å². The average molecular weight is 765 g/mol. The van der Waals surface area contributed by atoms with Gasteiger partial charge in [-0.1, -0.05) is 103 Å². The molecule has 4 heterocycles. The highest BCUT2D eigenvalue weighted by Gasteiger charge is 2.17. The van der Waals surface area contributed by atoms with Crippen molar-refractivity contribution in [2.45, 2.75) is 6.92 Å². The van der Waals surface area contributed by atoms with Crippen LogP contribution in [0.5, 0.6) is 0 Å². The Balaban J connectivity index is 1.11. The second-order valence-corrected chi connectivity index (χ2v) is 16.5. The molecule has 11 rings (SSSR count). The molecule has 6 heteroatoms. The lowest BCUT2D eigenvalue weighted by atomic mass is 9.94. The molecule has 0 saturated heterocycles. The topological polar surface area (TPSA) is 51.6 Å². The molecule has 57 heavy (non-hydrogen) atoms. The van der Waals surface area contributed by atoms with E-state index in [1.54, 1.807) is 0 Å². The van der Waals surface area contributed by atoms with E-state index in [4.69, 9.17) is 15.0 Å². The monoisotopic (exact) mass is 764 g/mol. The number of hydrogen-bond acceptors (Lipinski definition) is 6. The smallest absolute Gasteiger partial charge is 0.164 e. The fraction of sp³-hybridized carbons (Fsp3) is 0.0196. The Morgan fingerprint density at radius 2 is 0.807 bits per heavy atom. The van der Waals surface area contributed by atoms with E-state index < -0.39 is 0 Å². The maximum Gasteiger partial charge on any atom is 0.164 e. The molecule has 4 nitrogen and oxygen atoms in total. The van der Waals surface area contributed by atoms with Crippen molar-refractivity contribution in [1.82, 2.24) is 19.9 Å². The molecule has 0 aliphatic carbocycles. The first-order chi connectivity index (χ1) is 28.1. The number of nitrogens with zero attached hydrogens (tertiary/aromatic N) is 4. The van der Waals surface area contributed by atoms with Crippen molar-refractivity contribution >= 4 is 63.0 Å². The first-order valence-electron chi connectivity index (χ1n) is 18.9. The van der Waals surface area contributed by atoms with E-state index in [2.05, 4.69) is 151 Å². The quantitative estimate of drug-likeness (QED) is 0.169. The van der Waals surface area contributed by atoms with Gasteiger partial charge < -0.3 is 0 Å². The highest BCUT2D eigenvalue weighted by Crippen LogP contribution is 2.41. The lowest BCUT2D eigenvalue weighted by Gasteiger charge is -2.13. The summed E-state index contributed by atoms with van der Waals surface area (Å²) >= 11 is 3.68. The minimum Gasteiger partial charge on any atom is -0.264 e. The standard InChI is InChI=1S/C51H32N4S2/c1-31-23-24-52-30-44(31)32-15-17-34(18-16-32)50-53-49(33-9-3-2-4-10-33)54-51(55-50)39-26-37(35-19-21-47-42(28-35)40-11-5-7-13-45(40)56-47)25-38(27-39)36-20-22-48-43(29-36)41-12-6-8-14-46(41)57-48/h2-30H,1H3. The first kappa shape index (κ1) is 33.5. The molecule has 0 atom stereocenters. The third-order valence-electron chi connectivity index (χ3n) is 10.8. The first-order valence-corrected chi connectivity index (χ1v) is 20.6. The van der Waals surface area contributed by atoms with Crippen LogP contribution >= 0.6 is 22.7 Å². The van der Waals surface area contributed by atoms with Gasteiger partial charge in [-0.3, -0.25) is 4.98 Å². The fourth-order valence-electron chi connectivity index (χ4n) is 7.82. The van der Waals surface area contributed by atoms with Crippen molar-refractivity contribution in [3.63, 3.8) is 0 Å². The van der Waals surface area contributed by atoms with E-state index >= 15 is 0 Å². The molecule has 0 unspecified atom stereocenters. The minimum atomic E-state index is 0.623. The van der Waals surface area contributed by atoms with E-state index in [9.17, 15) is 0 Å². The molecule has 0 saturated carbocycles. The molecule has 11 aromatic rings. The number of rotatable bonds is 6. The molecule has 4 aromatic heterocycles. The number of thiophene rings is 2. The average Bonchev–Trinajstić information content (AvgIpc) is 3.84. The maximum atomic E-state index is 5.22. The van der Waals surface area contributed by atoms with Crippen LogP contribution in [0.4, 0.5) is 0 Å². The van der Waals surface area contributed by atoms with E-state index in [0.29, 0.717) is 17.5 Å². The lowest BCUT2D eigenvalue weighted by molar-refractivity contribution is 1.07. The Morgan fingerprint density at radius 1 is 0.351 bits per heavy atom. The molecule has 0 bridgehead atoms. The zero-order chi connectivity index (χ0) is 37.9. The van der Waals surface area contributed by atoms with Crippen LogP contribution in [0.25, 0.3) is 108 Å². The van der Waals surface area contributed by atoms with Crippen molar-refractivity contribution in [3.8, 4) is 67.5 Å². The van der Waals surface area contributed by atoms with Crippen LogP contribution in [-0.4, -0.2) is 19.9 Å². The third kappa shape index (κ3) is 6.07. The Hall–Kier alpha value is -6.86. The summed E-state index contributed by atoms with van der Waals surface area (Å²) in [5.41, 5.74) is 10.7. The van der Waals surface area contributed by atoms with E-state index in [1.165, 1.54) is 45.9 Å². The van der Waals surface area contributed by atoms with Gasteiger partial charge in [0.05, 0.1) is 0 Å². The molecule has 268 valence electrons. The van der Waals surface area contributed by atoms with Crippen molar-refractivity contribution < 1.29 is 0 Å². The Labute approximate surface area is 337 Å². The number of aryl methyl sites for hydroxylation is 1. The van der Waals surface area contributed by atoms with Crippen LogP contribution in [0.3, 0.4) is 0 Å². The summed E-state index contributed by atoms with van der Waals surface area (Å²) in [6.07, 6.45) is 3.75. The highest BCUT2D eigenvalue weighted by molar-refractivity contribution is 7.26. The van der Waals surface area contributed by atoms with Crippen molar-refractivity contribution in [1.29, 1.82) is 0 Å². The van der Waals surface area contributed by atoms with Gasteiger partial charge in [-0.05, 0) is 101 Å². The summed E-state index contributed by atoms with van der Waals surface area (Å²) in [5.74, 6) is 1.88. The van der Waals surface area contributed by atoms with Crippen LogP contribution in [-0.2, 0) is 0 Å². The zero-order valence-electron chi connectivity index (χ0n) is 30.8. The van der Waals surface area contributed by atoms with Crippen LogP contribution in [0.2, 0.25) is 0 Å². The molecule has 0 amide bonds. The normalized spacial score (nSPS) is 11.6. The Bertz CT molecular complexity index is 3180. The zero-order valence-corrected chi connectivity index (χ0v) is 32.5. The van der Waals surface area contributed by atoms with Crippen LogP contribution in [0, 0.1) is 6.92 Å². The van der Waals surface area contributed by atoms with Gasteiger partial charge in [0, 0.05) is 75.0 Å². The summed E-state index contributed by atoms with van der Waals surface area (Å²) in [7, 11) is 0. The van der Waals surface area contributed by atoms with Crippen LogP contribution < -0.4 is 0 Å². The summed E-state index contributed by atoms with van der Waals surface area (Å²) in [6, 6.07) is 58.5. The molecule has 0 aliphatic rings.